The number of hydrogen-bond donors (Lipinski definition) is 1. The summed E-state index contributed by atoms with van der Waals surface area (Å²) < 4.78 is 18.5. The molecule has 25 heavy (non-hydrogen) atoms. The molecule has 1 aliphatic rings. The molecule has 2 amide bonds. The smallest absolute Gasteiger partial charge is 0.225 e. The summed E-state index contributed by atoms with van der Waals surface area (Å²) in [6.07, 6.45) is 1.51. The third kappa shape index (κ3) is 5.81. The number of benzene rings is 1. The van der Waals surface area contributed by atoms with Crippen LogP contribution in [0.2, 0.25) is 0 Å². The molecule has 1 N–H and O–H groups in total. The number of halogens is 1. The number of likely N-dealkylation sites (tertiary alicyclic amines) is 1. The van der Waals surface area contributed by atoms with Gasteiger partial charge in [-0.15, -0.1) is 0 Å². The van der Waals surface area contributed by atoms with Gasteiger partial charge in [-0.2, -0.15) is 0 Å². The van der Waals surface area contributed by atoms with E-state index in [0.29, 0.717) is 38.9 Å². The van der Waals surface area contributed by atoms with Crippen LogP contribution in [0, 0.1) is 11.7 Å². The van der Waals surface area contributed by atoms with Gasteiger partial charge < -0.3 is 15.0 Å². The van der Waals surface area contributed by atoms with Gasteiger partial charge in [0.15, 0.2) is 0 Å². The van der Waals surface area contributed by atoms with Gasteiger partial charge in [0.1, 0.15) is 5.82 Å². The fraction of sp³-hybridized carbons (Fsp3) is 0.579. The van der Waals surface area contributed by atoms with Gasteiger partial charge in [0.25, 0.3) is 0 Å². The van der Waals surface area contributed by atoms with Crippen molar-refractivity contribution >= 4 is 11.8 Å². The summed E-state index contributed by atoms with van der Waals surface area (Å²) in [5, 5.41) is 2.91. The second-order valence-corrected chi connectivity index (χ2v) is 7.14. The lowest BCUT2D eigenvalue weighted by molar-refractivity contribution is -0.138. The van der Waals surface area contributed by atoms with Crippen LogP contribution >= 0.6 is 0 Å². The first kappa shape index (κ1) is 19.4. The van der Waals surface area contributed by atoms with E-state index in [4.69, 9.17) is 4.74 Å². The number of amides is 2. The van der Waals surface area contributed by atoms with Crippen molar-refractivity contribution in [3.63, 3.8) is 0 Å². The fourth-order valence-corrected chi connectivity index (χ4v) is 2.82. The molecule has 1 fully saturated rings. The van der Waals surface area contributed by atoms with Crippen molar-refractivity contribution in [2.45, 2.75) is 38.7 Å². The van der Waals surface area contributed by atoms with Crippen molar-refractivity contribution in [2.75, 3.05) is 26.7 Å². The van der Waals surface area contributed by atoms with Gasteiger partial charge >= 0.3 is 0 Å². The molecule has 1 aromatic rings. The highest BCUT2D eigenvalue weighted by Gasteiger charge is 2.30. The Labute approximate surface area is 148 Å². The zero-order chi connectivity index (χ0) is 18.4. The van der Waals surface area contributed by atoms with Crippen molar-refractivity contribution < 1.29 is 18.7 Å². The van der Waals surface area contributed by atoms with E-state index in [2.05, 4.69) is 5.32 Å². The molecule has 138 valence electrons. The quantitative estimate of drug-likeness (QED) is 0.820. The van der Waals surface area contributed by atoms with E-state index in [1.165, 1.54) is 12.1 Å². The Bertz CT molecular complexity index is 618. The second kappa shape index (κ2) is 8.43. The molecule has 1 heterocycles. The van der Waals surface area contributed by atoms with E-state index in [1.54, 1.807) is 18.1 Å². The molecule has 0 radical (unpaired) electrons. The van der Waals surface area contributed by atoms with Crippen LogP contribution in [-0.2, 0) is 20.7 Å². The van der Waals surface area contributed by atoms with Gasteiger partial charge in [0.2, 0.25) is 11.8 Å². The van der Waals surface area contributed by atoms with Gasteiger partial charge in [-0.3, -0.25) is 9.59 Å². The molecule has 5 nitrogen and oxygen atoms in total. The van der Waals surface area contributed by atoms with E-state index >= 15 is 0 Å². The highest BCUT2D eigenvalue weighted by Crippen LogP contribution is 2.19. The normalized spacial score (nSPS) is 18.3. The minimum absolute atomic E-state index is 0.0478. The van der Waals surface area contributed by atoms with Crippen LogP contribution in [0.1, 0.15) is 32.3 Å². The molecular weight excluding hydrogens is 323 g/mol. The summed E-state index contributed by atoms with van der Waals surface area (Å²) in [6.45, 7) is 5.14. The first-order valence-corrected chi connectivity index (χ1v) is 8.66. The molecule has 0 saturated carbocycles. The van der Waals surface area contributed by atoms with E-state index < -0.39 is 5.60 Å². The maximum atomic E-state index is 13.2. The summed E-state index contributed by atoms with van der Waals surface area (Å²) in [4.78, 5) is 26.2. The van der Waals surface area contributed by atoms with Gasteiger partial charge in [-0.1, -0.05) is 12.1 Å². The van der Waals surface area contributed by atoms with Crippen LogP contribution in [0.15, 0.2) is 24.3 Å². The van der Waals surface area contributed by atoms with E-state index in [-0.39, 0.29) is 23.5 Å². The van der Waals surface area contributed by atoms with Crippen LogP contribution in [-0.4, -0.2) is 49.1 Å². The molecule has 1 aliphatic heterocycles. The maximum absolute atomic E-state index is 13.2. The summed E-state index contributed by atoms with van der Waals surface area (Å²) in [6, 6.07) is 6.38. The number of carbonyl (C=O) groups is 2. The molecule has 0 bridgehead atoms. The Morgan fingerprint density at radius 3 is 2.88 bits per heavy atom. The number of carbonyl (C=O) groups excluding carboxylic acids is 2. The minimum Gasteiger partial charge on any atom is -0.377 e. The summed E-state index contributed by atoms with van der Waals surface area (Å²) >= 11 is 0. The average molecular weight is 350 g/mol. The van der Waals surface area contributed by atoms with Crippen LogP contribution in [0.25, 0.3) is 0 Å². The number of methoxy groups -OCH3 is 1. The average Bonchev–Trinajstić information content (AvgIpc) is 2.59. The SMILES string of the molecule is COC(C)(C)CNC(=O)[C@@H]1CCC(=O)N(CCc2cccc(F)c2)C1. The minimum atomic E-state index is -0.419. The number of hydrogen-bond acceptors (Lipinski definition) is 3. The molecule has 6 heteroatoms. The van der Waals surface area contributed by atoms with Gasteiger partial charge in [0.05, 0.1) is 11.5 Å². The van der Waals surface area contributed by atoms with Crippen LogP contribution in [0.3, 0.4) is 0 Å². The first-order chi connectivity index (χ1) is 11.8. The van der Waals surface area contributed by atoms with Crippen molar-refractivity contribution in [3.05, 3.63) is 35.6 Å². The Morgan fingerprint density at radius 2 is 2.20 bits per heavy atom. The monoisotopic (exact) mass is 350 g/mol. The number of nitrogens with one attached hydrogen (secondary N) is 1. The lowest BCUT2D eigenvalue weighted by Gasteiger charge is -2.33. The fourth-order valence-electron chi connectivity index (χ4n) is 2.82. The van der Waals surface area contributed by atoms with E-state index in [9.17, 15) is 14.0 Å². The molecular formula is C19H27FN2O3. The third-order valence-electron chi connectivity index (χ3n) is 4.67. The lowest BCUT2D eigenvalue weighted by atomic mass is 9.95. The summed E-state index contributed by atoms with van der Waals surface area (Å²) in [5.41, 5.74) is 0.429. The Kier molecular flexibility index (Phi) is 6.53. The van der Waals surface area contributed by atoms with Crippen molar-refractivity contribution in [3.8, 4) is 0 Å². The third-order valence-corrected chi connectivity index (χ3v) is 4.67. The second-order valence-electron chi connectivity index (χ2n) is 7.14. The zero-order valence-electron chi connectivity index (χ0n) is 15.2. The Hall–Kier alpha value is -1.95. The number of ether oxygens (including phenoxy) is 1. The van der Waals surface area contributed by atoms with Crippen LogP contribution in [0.5, 0.6) is 0 Å². The topological polar surface area (TPSA) is 58.6 Å². The standard InChI is InChI=1S/C19H27FN2O3/c1-19(2,25-3)13-21-18(24)15-7-8-17(23)22(12-15)10-9-14-5-4-6-16(20)11-14/h4-6,11,15H,7-10,12-13H2,1-3H3,(H,21,24)/t15-/m1/s1. The van der Waals surface area contributed by atoms with Crippen LogP contribution < -0.4 is 5.32 Å². The number of piperidine rings is 1. The van der Waals surface area contributed by atoms with Crippen LogP contribution in [0.4, 0.5) is 4.39 Å². The molecule has 0 aromatic heterocycles. The van der Waals surface area contributed by atoms with E-state index in [1.807, 2.05) is 19.9 Å². The van der Waals surface area contributed by atoms with Gasteiger partial charge in [-0.25, -0.2) is 4.39 Å². The maximum Gasteiger partial charge on any atom is 0.225 e. The molecule has 2 rings (SSSR count). The Balaban J connectivity index is 1.87. The first-order valence-electron chi connectivity index (χ1n) is 8.66. The summed E-state index contributed by atoms with van der Waals surface area (Å²) in [5.74, 6) is -0.482. The summed E-state index contributed by atoms with van der Waals surface area (Å²) in [7, 11) is 1.61. The van der Waals surface area contributed by atoms with Crippen molar-refractivity contribution in [1.29, 1.82) is 0 Å². The highest BCUT2D eigenvalue weighted by atomic mass is 19.1. The molecule has 1 atom stereocenters. The highest BCUT2D eigenvalue weighted by molar-refractivity contribution is 5.83. The molecule has 1 saturated heterocycles. The lowest BCUT2D eigenvalue weighted by Crippen LogP contribution is -2.48. The van der Waals surface area contributed by atoms with Crippen molar-refractivity contribution in [2.24, 2.45) is 5.92 Å². The van der Waals surface area contributed by atoms with Gasteiger partial charge in [0, 0.05) is 33.2 Å². The number of rotatable bonds is 7. The predicted octanol–water partition coefficient (Wildman–Crippen LogP) is 2.15. The Morgan fingerprint density at radius 1 is 1.44 bits per heavy atom. The molecule has 0 spiro atoms. The molecule has 1 aromatic carbocycles. The zero-order valence-corrected chi connectivity index (χ0v) is 15.2. The van der Waals surface area contributed by atoms with Crippen molar-refractivity contribution in [1.82, 2.24) is 10.2 Å². The molecule has 0 aliphatic carbocycles. The van der Waals surface area contributed by atoms with E-state index in [0.717, 1.165) is 5.56 Å². The molecule has 0 unspecified atom stereocenters. The van der Waals surface area contributed by atoms with Gasteiger partial charge in [-0.05, 0) is 44.4 Å². The largest absolute Gasteiger partial charge is 0.377 e. The predicted molar refractivity (Wildman–Crippen MR) is 93.5 cm³/mol. The number of nitrogens with zero attached hydrogens (tertiary/aromatic N) is 1.